The number of aliphatic hydroxyl groups excluding tert-OH is 1. The molecule has 0 heterocycles. The van der Waals surface area contributed by atoms with Crippen LogP contribution in [0.25, 0.3) is 0 Å². The van der Waals surface area contributed by atoms with Crippen molar-refractivity contribution in [3.63, 3.8) is 0 Å². The van der Waals surface area contributed by atoms with Crippen LogP contribution in [0.3, 0.4) is 0 Å². The molecule has 1 unspecified atom stereocenters. The predicted octanol–water partition coefficient (Wildman–Crippen LogP) is 2.54. The minimum absolute atomic E-state index is 0.206. The summed E-state index contributed by atoms with van der Waals surface area (Å²) in [5.41, 5.74) is -0.844. The van der Waals surface area contributed by atoms with Gasteiger partial charge in [-0.1, -0.05) is 40.5 Å². The highest BCUT2D eigenvalue weighted by molar-refractivity contribution is 5.89. The second-order valence-corrected chi connectivity index (χ2v) is 5.76. The van der Waals surface area contributed by atoms with E-state index in [2.05, 4.69) is 0 Å². The van der Waals surface area contributed by atoms with Crippen LogP contribution in [0, 0.1) is 10.8 Å². The van der Waals surface area contributed by atoms with Gasteiger partial charge in [0.1, 0.15) is 5.78 Å². The minimum Gasteiger partial charge on any atom is -0.392 e. The van der Waals surface area contributed by atoms with Crippen LogP contribution >= 0.6 is 0 Å². The Bertz CT molecular complexity index is 227. The summed E-state index contributed by atoms with van der Waals surface area (Å²) in [6.07, 6.45) is 3.29. The summed E-state index contributed by atoms with van der Waals surface area (Å²) in [5, 5.41) is 9.94. The molecule has 0 radical (unpaired) electrons. The van der Waals surface area contributed by atoms with E-state index in [1.807, 2.05) is 27.7 Å². The Hall–Kier alpha value is -0.370. The molecule has 2 heteroatoms. The Morgan fingerprint density at radius 2 is 1.93 bits per heavy atom. The smallest absolute Gasteiger partial charge is 0.146 e. The van der Waals surface area contributed by atoms with Crippen LogP contribution in [0.5, 0.6) is 0 Å². The number of ketones is 1. The summed E-state index contributed by atoms with van der Waals surface area (Å²) in [5.74, 6) is 0.206. The van der Waals surface area contributed by atoms with E-state index in [9.17, 15) is 9.90 Å². The molecule has 0 bridgehead atoms. The Balaban J connectivity index is 2.87. The van der Waals surface area contributed by atoms with Gasteiger partial charge in [0, 0.05) is 5.41 Å². The van der Waals surface area contributed by atoms with E-state index in [-0.39, 0.29) is 11.2 Å². The van der Waals surface area contributed by atoms with E-state index >= 15 is 0 Å². The zero-order valence-electron chi connectivity index (χ0n) is 9.76. The van der Waals surface area contributed by atoms with Crippen molar-refractivity contribution in [3.05, 3.63) is 0 Å². The average Bonchev–Trinajstić information content (AvgIpc) is 2.07. The molecule has 14 heavy (non-hydrogen) atoms. The second-order valence-electron chi connectivity index (χ2n) is 5.76. The molecule has 1 rings (SSSR count). The van der Waals surface area contributed by atoms with Gasteiger partial charge in [0.25, 0.3) is 0 Å². The quantitative estimate of drug-likeness (QED) is 0.703. The highest BCUT2D eigenvalue weighted by Gasteiger charge is 2.45. The number of Topliss-reactive ketones (excluding diaryl/α,β-unsaturated/α-hetero) is 1. The van der Waals surface area contributed by atoms with Crippen molar-refractivity contribution in [2.45, 2.75) is 59.5 Å². The van der Waals surface area contributed by atoms with Crippen molar-refractivity contribution in [1.82, 2.24) is 0 Å². The largest absolute Gasteiger partial charge is 0.392 e. The number of carbonyl (C=O) groups is 1. The molecule has 1 N–H and O–H groups in total. The highest BCUT2D eigenvalue weighted by Crippen LogP contribution is 2.41. The molecule has 0 aromatic rings. The first-order valence-electron chi connectivity index (χ1n) is 5.51. The van der Waals surface area contributed by atoms with Gasteiger partial charge in [-0.3, -0.25) is 4.79 Å². The first-order valence-corrected chi connectivity index (χ1v) is 5.51. The molecule has 0 aromatic heterocycles. The molecule has 2 atom stereocenters. The fraction of sp³-hybridized carbons (Fsp3) is 0.917. The SMILES string of the molecule is CC(C)(C)C(=O)[C@@]1(C)CCCCC1O. The van der Waals surface area contributed by atoms with Crippen LogP contribution in [-0.2, 0) is 4.79 Å². The van der Waals surface area contributed by atoms with Gasteiger partial charge in [-0.25, -0.2) is 0 Å². The van der Waals surface area contributed by atoms with Gasteiger partial charge in [0.05, 0.1) is 11.5 Å². The molecule has 1 fully saturated rings. The molecule has 1 aliphatic carbocycles. The molecule has 82 valence electrons. The average molecular weight is 198 g/mol. The fourth-order valence-electron chi connectivity index (χ4n) is 2.44. The maximum Gasteiger partial charge on any atom is 0.146 e. The van der Waals surface area contributed by atoms with Crippen LogP contribution in [0.1, 0.15) is 53.4 Å². The molecular weight excluding hydrogens is 176 g/mol. The van der Waals surface area contributed by atoms with E-state index in [1.54, 1.807) is 0 Å². The van der Waals surface area contributed by atoms with Crippen molar-refractivity contribution in [3.8, 4) is 0 Å². The normalized spacial score (nSPS) is 34.2. The maximum atomic E-state index is 12.2. The van der Waals surface area contributed by atoms with Crippen LogP contribution in [-0.4, -0.2) is 17.0 Å². The van der Waals surface area contributed by atoms with Crippen molar-refractivity contribution >= 4 is 5.78 Å². The van der Waals surface area contributed by atoms with Crippen LogP contribution in [0.15, 0.2) is 0 Å². The summed E-state index contributed by atoms with van der Waals surface area (Å²) < 4.78 is 0. The molecule has 2 nitrogen and oxygen atoms in total. The predicted molar refractivity (Wildman–Crippen MR) is 57.0 cm³/mol. The second kappa shape index (κ2) is 3.65. The number of hydrogen-bond acceptors (Lipinski definition) is 2. The monoisotopic (exact) mass is 198 g/mol. The lowest BCUT2D eigenvalue weighted by atomic mass is 9.64. The summed E-state index contributed by atoms with van der Waals surface area (Å²) in [4.78, 5) is 12.2. The van der Waals surface area contributed by atoms with Crippen molar-refractivity contribution in [2.24, 2.45) is 10.8 Å². The summed E-state index contributed by atoms with van der Waals surface area (Å²) in [7, 11) is 0. The third kappa shape index (κ3) is 2.00. The lowest BCUT2D eigenvalue weighted by Gasteiger charge is -2.40. The van der Waals surface area contributed by atoms with E-state index in [0.29, 0.717) is 0 Å². The topological polar surface area (TPSA) is 37.3 Å². The summed E-state index contributed by atoms with van der Waals surface area (Å²) in [6.45, 7) is 7.72. The van der Waals surface area contributed by atoms with E-state index in [1.165, 1.54) is 0 Å². The van der Waals surface area contributed by atoms with Gasteiger partial charge in [-0.2, -0.15) is 0 Å². The zero-order chi connectivity index (χ0) is 11.0. The van der Waals surface area contributed by atoms with Gasteiger partial charge < -0.3 is 5.11 Å². The molecule has 0 saturated heterocycles. The third-order valence-corrected chi connectivity index (χ3v) is 3.36. The van der Waals surface area contributed by atoms with Crippen LogP contribution in [0.4, 0.5) is 0 Å². The van der Waals surface area contributed by atoms with Gasteiger partial charge in [-0.15, -0.1) is 0 Å². The number of carbonyl (C=O) groups excluding carboxylic acids is 1. The summed E-state index contributed by atoms with van der Waals surface area (Å²) >= 11 is 0. The molecular formula is C12H22O2. The third-order valence-electron chi connectivity index (χ3n) is 3.36. The summed E-state index contributed by atoms with van der Waals surface area (Å²) in [6, 6.07) is 0. The first-order chi connectivity index (χ1) is 6.28. The van der Waals surface area contributed by atoms with Crippen LogP contribution in [0.2, 0.25) is 0 Å². The Kier molecular flexibility index (Phi) is 3.05. The molecule has 0 amide bonds. The lowest BCUT2D eigenvalue weighted by molar-refractivity contribution is -0.145. The highest BCUT2D eigenvalue weighted by atomic mass is 16.3. The van der Waals surface area contributed by atoms with Crippen molar-refractivity contribution < 1.29 is 9.90 Å². The van der Waals surface area contributed by atoms with Crippen molar-refractivity contribution in [2.75, 3.05) is 0 Å². The standard InChI is InChI=1S/C12H22O2/c1-11(2,3)10(14)12(4)8-6-5-7-9(12)13/h9,13H,5-8H2,1-4H3/t9?,12-/m0/s1. The van der Waals surface area contributed by atoms with E-state index in [4.69, 9.17) is 0 Å². The van der Waals surface area contributed by atoms with Gasteiger partial charge >= 0.3 is 0 Å². The first kappa shape index (κ1) is 11.7. The number of aliphatic hydroxyl groups is 1. The van der Waals surface area contributed by atoms with Gasteiger partial charge in [0.15, 0.2) is 0 Å². The lowest BCUT2D eigenvalue weighted by Crippen LogP contribution is -2.47. The Labute approximate surface area is 86.7 Å². The Morgan fingerprint density at radius 3 is 2.36 bits per heavy atom. The maximum absolute atomic E-state index is 12.2. The molecule has 1 aliphatic rings. The Morgan fingerprint density at radius 1 is 1.36 bits per heavy atom. The van der Waals surface area contributed by atoms with Gasteiger partial charge in [-0.05, 0) is 12.8 Å². The van der Waals surface area contributed by atoms with Gasteiger partial charge in [0.2, 0.25) is 0 Å². The molecule has 0 spiro atoms. The minimum atomic E-state index is -0.503. The number of hydrogen-bond donors (Lipinski definition) is 1. The fourth-order valence-corrected chi connectivity index (χ4v) is 2.44. The molecule has 0 aliphatic heterocycles. The zero-order valence-corrected chi connectivity index (χ0v) is 9.76. The molecule has 0 aromatic carbocycles. The van der Waals surface area contributed by atoms with E-state index in [0.717, 1.165) is 25.7 Å². The van der Waals surface area contributed by atoms with Crippen LogP contribution < -0.4 is 0 Å². The molecule has 1 saturated carbocycles. The van der Waals surface area contributed by atoms with Crippen molar-refractivity contribution in [1.29, 1.82) is 0 Å². The number of rotatable bonds is 1. The van der Waals surface area contributed by atoms with E-state index < -0.39 is 11.5 Å².